The normalized spacial score (nSPS) is 15.4. The lowest BCUT2D eigenvalue weighted by molar-refractivity contribution is -0.117. The van der Waals surface area contributed by atoms with Gasteiger partial charge in [0.25, 0.3) is 5.91 Å². The van der Waals surface area contributed by atoms with E-state index in [-0.39, 0.29) is 24.2 Å². The summed E-state index contributed by atoms with van der Waals surface area (Å²) in [6.45, 7) is 1.76. The molecule has 1 aliphatic heterocycles. The number of nitrogens with one attached hydrogen (secondary N) is 1. The van der Waals surface area contributed by atoms with E-state index >= 15 is 0 Å². The van der Waals surface area contributed by atoms with Crippen molar-refractivity contribution in [2.45, 2.75) is 13.0 Å². The quantitative estimate of drug-likeness (QED) is 0.664. The zero-order chi connectivity index (χ0) is 22.8. The van der Waals surface area contributed by atoms with Gasteiger partial charge in [0.2, 0.25) is 5.91 Å². The molecule has 0 saturated carbocycles. The smallest absolute Gasteiger partial charge is 0.258 e. The van der Waals surface area contributed by atoms with Gasteiger partial charge in [0, 0.05) is 17.3 Å². The van der Waals surface area contributed by atoms with E-state index < -0.39 is 6.04 Å². The monoisotopic (exact) mass is 434 g/mol. The van der Waals surface area contributed by atoms with Gasteiger partial charge in [-0.25, -0.2) is 4.39 Å². The summed E-state index contributed by atoms with van der Waals surface area (Å²) in [5.41, 5.74) is 3.33. The Hall–Kier alpha value is -3.87. The number of anilines is 1. The van der Waals surface area contributed by atoms with Crippen molar-refractivity contribution in [2.75, 3.05) is 26.1 Å². The largest absolute Gasteiger partial charge is 0.497 e. The molecule has 0 fully saturated rings. The number of benzene rings is 3. The van der Waals surface area contributed by atoms with E-state index in [0.29, 0.717) is 28.3 Å². The van der Waals surface area contributed by atoms with Crippen LogP contribution < -0.4 is 14.8 Å². The third kappa shape index (κ3) is 4.01. The van der Waals surface area contributed by atoms with Crippen LogP contribution in [0.25, 0.3) is 0 Å². The minimum absolute atomic E-state index is 0.177. The lowest BCUT2D eigenvalue weighted by Gasteiger charge is -2.31. The predicted octanol–water partition coefficient (Wildman–Crippen LogP) is 4.34. The van der Waals surface area contributed by atoms with Gasteiger partial charge < -0.3 is 19.7 Å². The highest BCUT2D eigenvalue weighted by molar-refractivity contribution is 6.03. The fraction of sp³-hybridized carbons (Fsp3) is 0.200. The van der Waals surface area contributed by atoms with E-state index in [1.54, 1.807) is 30.3 Å². The number of methoxy groups -OCH3 is 2. The molecule has 0 spiro atoms. The molecule has 1 atom stereocenters. The number of carbonyl (C=O) groups is 2. The Morgan fingerprint density at radius 2 is 1.78 bits per heavy atom. The number of carbonyl (C=O) groups excluding carboxylic acids is 2. The molecule has 1 heterocycles. The van der Waals surface area contributed by atoms with E-state index in [1.807, 2.05) is 25.1 Å². The second-order valence-corrected chi connectivity index (χ2v) is 7.59. The third-order valence-electron chi connectivity index (χ3n) is 5.49. The number of fused-ring (bicyclic) bond motifs is 1. The maximum absolute atomic E-state index is 13.8. The maximum atomic E-state index is 13.8. The Morgan fingerprint density at radius 1 is 1.03 bits per heavy atom. The average molecular weight is 434 g/mol. The lowest BCUT2D eigenvalue weighted by atomic mass is 9.94. The first-order valence-electron chi connectivity index (χ1n) is 10.1. The molecule has 0 aliphatic carbocycles. The Labute approximate surface area is 185 Å². The van der Waals surface area contributed by atoms with Crippen molar-refractivity contribution in [2.24, 2.45) is 0 Å². The van der Waals surface area contributed by atoms with Gasteiger partial charge in [-0.3, -0.25) is 9.59 Å². The Morgan fingerprint density at radius 3 is 2.47 bits per heavy atom. The molecule has 6 nitrogen and oxygen atoms in total. The van der Waals surface area contributed by atoms with Crippen LogP contribution in [0.2, 0.25) is 0 Å². The third-order valence-corrected chi connectivity index (χ3v) is 5.49. The predicted molar refractivity (Wildman–Crippen MR) is 119 cm³/mol. The van der Waals surface area contributed by atoms with E-state index in [0.717, 1.165) is 11.1 Å². The first-order chi connectivity index (χ1) is 15.4. The number of hydrogen-bond acceptors (Lipinski definition) is 4. The second-order valence-electron chi connectivity index (χ2n) is 7.59. The Balaban J connectivity index is 1.89. The van der Waals surface area contributed by atoms with Gasteiger partial charge in [-0.15, -0.1) is 0 Å². The fourth-order valence-electron chi connectivity index (χ4n) is 3.95. The molecule has 0 saturated heterocycles. The van der Waals surface area contributed by atoms with Crippen molar-refractivity contribution in [1.82, 2.24) is 4.90 Å². The molecule has 3 aromatic carbocycles. The number of hydrogen-bond donors (Lipinski definition) is 1. The number of ether oxygens (including phenoxy) is 2. The summed E-state index contributed by atoms with van der Waals surface area (Å²) in [5, 5.41) is 2.89. The van der Waals surface area contributed by atoms with Gasteiger partial charge in [-0.2, -0.15) is 0 Å². The van der Waals surface area contributed by atoms with Crippen LogP contribution in [0.4, 0.5) is 10.1 Å². The van der Waals surface area contributed by atoms with Gasteiger partial charge in [0.1, 0.15) is 23.9 Å². The Kier molecular flexibility index (Phi) is 5.81. The zero-order valence-corrected chi connectivity index (χ0v) is 18.0. The molecule has 32 heavy (non-hydrogen) atoms. The molecular weight excluding hydrogens is 411 g/mol. The first kappa shape index (κ1) is 21.4. The first-order valence-corrected chi connectivity index (χ1v) is 10.1. The van der Waals surface area contributed by atoms with Gasteiger partial charge in [0.15, 0.2) is 0 Å². The molecule has 3 aromatic rings. The lowest BCUT2D eigenvalue weighted by Crippen LogP contribution is -2.39. The highest BCUT2D eigenvalue weighted by atomic mass is 19.1. The van der Waals surface area contributed by atoms with Crippen molar-refractivity contribution in [3.63, 3.8) is 0 Å². The Bertz CT molecular complexity index is 1180. The standard InChI is InChI=1S/C25H23FN2O4/c1-15-4-11-21-20(12-15)24(16-5-7-17(26)8-6-16)28(14-23(29)27-21)25(30)19-10-9-18(31-2)13-22(19)32-3/h4-13,24H,14H2,1-3H3,(H,27,29)/t24-/m1/s1. The van der Waals surface area contributed by atoms with Crippen LogP contribution in [-0.2, 0) is 4.79 Å². The minimum Gasteiger partial charge on any atom is -0.497 e. The van der Waals surface area contributed by atoms with Gasteiger partial charge in [-0.1, -0.05) is 29.8 Å². The summed E-state index contributed by atoms with van der Waals surface area (Å²) in [6, 6.07) is 15.9. The van der Waals surface area contributed by atoms with Crippen LogP contribution in [0.1, 0.15) is 33.1 Å². The SMILES string of the molecule is COc1ccc(C(=O)N2CC(=O)Nc3ccc(C)cc3[C@H]2c2ccc(F)cc2)c(OC)c1. The van der Waals surface area contributed by atoms with Crippen LogP contribution in [0.15, 0.2) is 60.7 Å². The highest BCUT2D eigenvalue weighted by Crippen LogP contribution is 2.38. The minimum atomic E-state index is -0.608. The number of amides is 2. The molecule has 4 rings (SSSR count). The molecule has 1 aliphatic rings. The molecule has 0 radical (unpaired) electrons. The van der Waals surface area contributed by atoms with E-state index in [1.165, 1.54) is 31.3 Å². The molecule has 0 bridgehead atoms. The van der Waals surface area contributed by atoms with Crippen molar-refractivity contribution < 1.29 is 23.5 Å². The van der Waals surface area contributed by atoms with Crippen molar-refractivity contribution >= 4 is 17.5 Å². The van der Waals surface area contributed by atoms with Crippen LogP contribution in [-0.4, -0.2) is 37.5 Å². The number of aryl methyl sites for hydroxylation is 1. The summed E-state index contributed by atoms with van der Waals surface area (Å²) < 4.78 is 24.3. The number of nitrogens with zero attached hydrogens (tertiary/aromatic N) is 1. The number of rotatable bonds is 4. The summed E-state index contributed by atoms with van der Waals surface area (Å²) in [7, 11) is 3.00. The van der Waals surface area contributed by atoms with Crippen LogP contribution in [0.3, 0.4) is 0 Å². The summed E-state index contributed by atoms with van der Waals surface area (Å²) in [6.07, 6.45) is 0. The molecule has 0 aromatic heterocycles. The van der Waals surface area contributed by atoms with Gasteiger partial charge >= 0.3 is 0 Å². The van der Waals surface area contributed by atoms with Crippen molar-refractivity contribution in [1.29, 1.82) is 0 Å². The molecule has 164 valence electrons. The van der Waals surface area contributed by atoms with Gasteiger partial charge in [-0.05, 0) is 42.8 Å². The van der Waals surface area contributed by atoms with Crippen molar-refractivity contribution in [3.05, 3.63) is 88.7 Å². The molecular formula is C25H23FN2O4. The van der Waals surface area contributed by atoms with Crippen LogP contribution in [0.5, 0.6) is 11.5 Å². The number of halogens is 1. The highest BCUT2D eigenvalue weighted by Gasteiger charge is 2.35. The zero-order valence-electron chi connectivity index (χ0n) is 18.0. The molecule has 1 N–H and O–H groups in total. The maximum Gasteiger partial charge on any atom is 0.258 e. The summed E-state index contributed by atoms with van der Waals surface area (Å²) in [4.78, 5) is 28.0. The van der Waals surface area contributed by atoms with E-state index in [9.17, 15) is 14.0 Å². The topological polar surface area (TPSA) is 67.9 Å². The molecule has 2 amide bonds. The molecule has 0 unspecified atom stereocenters. The van der Waals surface area contributed by atoms with Crippen LogP contribution in [0, 0.1) is 12.7 Å². The molecule has 7 heteroatoms. The fourth-order valence-corrected chi connectivity index (χ4v) is 3.95. The van der Waals surface area contributed by atoms with E-state index in [2.05, 4.69) is 5.32 Å². The van der Waals surface area contributed by atoms with Crippen LogP contribution >= 0.6 is 0 Å². The van der Waals surface area contributed by atoms with E-state index in [4.69, 9.17) is 9.47 Å². The second kappa shape index (κ2) is 8.70. The summed E-state index contributed by atoms with van der Waals surface area (Å²) >= 11 is 0. The average Bonchev–Trinajstić information content (AvgIpc) is 2.94. The van der Waals surface area contributed by atoms with Gasteiger partial charge in [0.05, 0.1) is 25.8 Å². The van der Waals surface area contributed by atoms with Crippen molar-refractivity contribution in [3.8, 4) is 11.5 Å². The summed E-state index contributed by atoms with van der Waals surface area (Å²) in [5.74, 6) is -0.205.